The molecule has 0 fully saturated rings. The van der Waals surface area contributed by atoms with Gasteiger partial charge in [-0.2, -0.15) is 0 Å². The summed E-state index contributed by atoms with van der Waals surface area (Å²) in [5, 5.41) is 0.911. The smallest absolute Gasteiger partial charge is 0.336 e. The van der Waals surface area contributed by atoms with E-state index in [0.29, 0.717) is 23.2 Å². The fourth-order valence-corrected chi connectivity index (χ4v) is 3.31. The molecule has 4 heteroatoms. The summed E-state index contributed by atoms with van der Waals surface area (Å²) in [4.78, 5) is 0. The van der Waals surface area contributed by atoms with Gasteiger partial charge in [0.1, 0.15) is 7.05 Å². The van der Waals surface area contributed by atoms with Crippen molar-refractivity contribution in [2.24, 2.45) is 7.05 Å². The minimum absolute atomic E-state index is 0.402. The van der Waals surface area contributed by atoms with Gasteiger partial charge in [-0.05, 0) is 36.8 Å². The summed E-state index contributed by atoms with van der Waals surface area (Å²) in [5.41, 5.74) is 4.04. The van der Waals surface area contributed by atoms with Crippen LogP contribution in [0, 0.1) is 6.92 Å². The number of aryl methyl sites for hydroxylation is 2. The van der Waals surface area contributed by atoms with E-state index < -0.39 is 0 Å². The van der Waals surface area contributed by atoms with Crippen LogP contribution < -0.4 is 14.0 Å². The van der Waals surface area contributed by atoms with Gasteiger partial charge in [0, 0.05) is 12.1 Å². The van der Waals surface area contributed by atoms with Crippen LogP contribution in [0.4, 0.5) is 0 Å². The third kappa shape index (κ3) is 2.04. The van der Waals surface area contributed by atoms with Crippen LogP contribution in [0.1, 0.15) is 5.56 Å². The molecule has 2 aromatic heterocycles. The first-order valence-corrected chi connectivity index (χ1v) is 8.18. The number of fused-ring (bicyclic) bond motifs is 4. The molecule has 25 heavy (non-hydrogen) atoms. The third-order valence-electron chi connectivity index (χ3n) is 4.57. The van der Waals surface area contributed by atoms with E-state index >= 15 is 0 Å². The van der Waals surface area contributed by atoms with Crippen LogP contribution in [0.3, 0.4) is 0 Å². The first kappa shape index (κ1) is 14.1. The van der Waals surface area contributed by atoms with Gasteiger partial charge in [0.25, 0.3) is 0 Å². The number of pyridine rings is 1. The molecule has 0 amide bonds. The maximum absolute atomic E-state index is 6.11. The monoisotopic (exact) mass is 330 g/mol. The lowest BCUT2D eigenvalue weighted by Crippen LogP contribution is -2.30. The van der Waals surface area contributed by atoms with E-state index in [-0.39, 0.29) is 0 Å². The first-order chi connectivity index (χ1) is 12.2. The summed E-state index contributed by atoms with van der Waals surface area (Å²) < 4.78 is 20.2. The molecule has 0 aliphatic carbocycles. The van der Waals surface area contributed by atoms with Crippen molar-refractivity contribution in [2.75, 3.05) is 0 Å². The van der Waals surface area contributed by atoms with Crippen LogP contribution in [0.25, 0.3) is 22.2 Å². The van der Waals surface area contributed by atoms with Crippen LogP contribution in [0.2, 0.25) is 0 Å². The molecule has 0 N–H and O–H groups in total. The number of nitrogens with zero attached hydrogens (tertiary/aromatic N) is 1. The Morgan fingerprint density at radius 2 is 1.60 bits per heavy atom. The number of ether oxygens (including phenoxy) is 2. The number of hydrogen-bond acceptors (Lipinski definition) is 3. The second-order valence-corrected chi connectivity index (χ2v) is 6.20. The predicted octanol–water partition coefficient (Wildman–Crippen LogP) is 5.13. The van der Waals surface area contributed by atoms with Crippen LogP contribution in [0.15, 0.2) is 65.2 Å². The maximum Gasteiger partial charge on any atom is 0.336 e. The van der Waals surface area contributed by atoms with E-state index in [4.69, 9.17) is 13.9 Å². The number of rotatable bonds is 1. The molecule has 4 nitrogen and oxygen atoms in total. The normalized spacial score (nSPS) is 12.2. The summed E-state index contributed by atoms with van der Waals surface area (Å²) in [6.07, 6.45) is 2.03. The number of furan rings is 1. The van der Waals surface area contributed by atoms with Crippen molar-refractivity contribution in [3.05, 3.63) is 66.4 Å². The molecule has 5 rings (SSSR count). The Morgan fingerprint density at radius 1 is 0.840 bits per heavy atom. The van der Waals surface area contributed by atoms with Gasteiger partial charge < -0.3 is 13.9 Å². The zero-order valence-corrected chi connectivity index (χ0v) is 13.9. The molecule has 1 aliphatic heterocycles. The molecule has 0 saturated heterocycles. The lowest BCUT2D eigenvalue weighted by atomic mass is 10.0. The number of hydrogen-bond donors (Lipinski definition) is 0. The summed E-state index contributed by atoms with van der Waals surface area (Å²) in [7, 11) is 2.03. The Morgan fingerprint density at radius 3 is 2.40 bits per heavy atom. The summed E-state index contributed by atoms with van der Waals surface area (Å²) in [6, 6.07) is 17.8. The quantitative estimate of drug-likeness (QED) is 0.400. The highest BCUT2D eigenvalue weighted by Crippen LogP contribution is 2.52. The Bertz CT molecular complexity index is 1130. The van der Waals surface area contributed by atoms with E-state index in [9.17, 15) is 0 Å². The largest absolute Gasteiger partial charge is 0.445 e. The van der Waals surface area contributed by atoms with Gasteiger partial charge in [0.05, 0.1) is 10.9 Å². The summed E-state index contributed by atoms with van der Waals surface area (Å²) in [5.74, 6) is 2.40. The van der Waals surface area contributed by atoms with Crippen molar-refractivity contribution < 1.29 is 18.5 Å². The maximum atomic E-state index is 6.11. The van der Waals surface area contributed by atoms with Crippen LogP contribution in [0.5, 0.6) is 23.2 Å². The molecule has 3 heterocycles. The van der Waals surface area contributed by atoms with Crippen molar-refractivity contribution in [1.82, 2.24) is 0 Å². The van der Waals surface area contributed by atoms with Gasteiger partial charge in [0.2, 0.25) is 11.4 Å². The van der Waals surface area contributed by atoms with Crippen LogP contribution in [-0.4, -0.2) is 0 Å². The molecule has 4 aromatic rings. The molecule has 0 bridgehead atoms. The zero-order chi connectivity index (χ0) is 17.0. The first-order valence-electron chi connectivity index (χ1n) is 8.18. The van der Waals surface area contributed by atoms with Gasteiger partial charge in [-0.15, -0.1) is 0 Å². The highest BCUT2D eigenvalue weighted by Gasteiger charge is 2.29. The molecule has 122 valence electrons. The second-order valence-electron chi connectivity index (χ2n) is 6.20. The predicted molar refractivity (Wildman–Crippen MR) is 94.2 cm³/mol. The van der Waals surface area contributed by atoms with E-state index in [1.54, 1.807) is 0 Å². The standard InChI is InChI=1S/C21H16NO3/c1-13-10-11-14-19(18(13)15-7-5-6-12-22(15)2)25-21-20(14)23-16-8-3-4-9-17(16)24-21/h3-12H,1-2H3/q+1. The second kappa shape index (κ2) is 5.11. The van der Waals surface area contributed by atoms with Crippen LogP contribution >= 0.6 is 0 Å². The Balaban J connectivity index is 1.78. The van der Waals surface area contributed by atoms with Gasteiger partial charge in [-0.1, -0.05) is 18.2 Å². The molecule has 0 spiro atoms. The lowest BCUT2D eigenvalue weighted by Gasteiger charge is -2.15. The van der Waals surface area contributed by atoms with Crippen molar-refractivity contribution in [3.8, 4) is 34.5 Å². The Hall–Kier alpha value is -3.27. The Labute approximate surface area is 144 Å². The minimum Gasteiger partial charge on any atom is -0.445 e. The zero-order valence-electron chi connectivity index (χ0n) is 13.9. The average Bonchev–Trinajstić information content (AvgIpc) is 2.98. The molecule has 0 atom stereocenters. The van der Waals surface area contributed by atoms with Gasteiger partial charge in [0.15, 0.2) is 23.3 Å². The van der Waals surface area contributed by atoms with Crippen LogP contribution in [-0.2, 0) is 7.05 Å². The molecule has 1 aliphatic rings. The third-order valence-corrected chi connectivity index (χ3v) is 4.57. The van der Waals surface area contributed by atoms with Crippen molar-refractivity contribution in [2.45, 2.75) is 6.92 Å². The molecule has 0 saturated carbocycles. The molecule has 2 aromatic carbocycles. The minimum atomic E-state index is 0.402. The van der Waals surface area contributed by atoms with E-state index in [1.165, 1.54) is 0 Å². The molecule has 0 radical (unpaired) electrons. The topological polar surface area (TPSA) is 35.5 Å². The summed E-state index contributed by atoms with van der Waals surface area (Å²) in [6.45, 7) is 2.08. The average molecular weight is 330 g/mol. The SMILES string of the molecule is Cc1ccc2c3c(oc2c1-c1cccc[n+]1C)Oc1ccccc1O3. The molecular formula is C21H16NO3+. The number of benzene rings is 2. The number of aromatic nitrogens is 1. The molecular weight excluding hydrogens is 314 g/mol. The molecule has 0 unspecified atom stereocenters. The lowest BCUT2D eigenvalue weighted by molar-refractivity contribution is -0.660. The van der Waals surface area contributed by atoms with E-state index in [0.717, 1.165) is 27.8 Å². The van der Waals surface area contributed by atoms with E-state index in [2.05, 4.69) is 23.6 Å². The number of para-hydroxylation sites is 2. The van der Waals surface area contributed by atoms with Gasteiger partial charge >= 0.3 is 5.95 Å². The van der Waals surface area contributed by atoms with Gasteiger partial charge in [-0.25, -0.2) is 4.57 Å². The fourth-order valence-electron chi connectivity index (χ4n) is 3.31. The van der Waals surface area contributed by atoms with Crippen molar-refractivity contribution >= 4 is 11.0 Å². The highest BCUT2D eigenvalue weighted by atomic mass is 16.6. The summed E-state index contributed by atoms with van der Waals surface area (Å²) >= 11 is 0. The Kier molecular flexibility index (Phi) is 2.88. The van der Waals surface area contributed by atoms with Gasteiger partial charge in [-0.3, -0.25) is 0 Å². The van der Waals surface area contributed by atoms with Crippen molar-refractivity contribution in [1.29, 1.82) is 0 Å². The fraction of sp³-hybridized carbons (Fsp3) is 0.0952. The van der Waals surface area contributed by atoms with Crippen molar-refractivity contribution in [3.63, 3.8) is 0 Å². The highest BCUT2D eigenvalue weighted by molar-refractivity contribution is 5.98. The van der Waals surface area contributed by atoms with E-state index in [1.807, 2.05) is 55.7 Å².